The topological polar surface area (TPSA) is 66.5 Å². The molecular formula is C22H28N2O3S. The van der Waals surface area contributed by atoms with Crippen molar-refractivity contribution in [2.75, 3.05) is 11.4 Å². The molecule has 0 aliphatic carbocycles. The highest BCUT2D eigenvalue weighted by Crippen LogP contribution is 2.32. The fourth-order valence-electron chi connectivity index (χ4n) is 3.51. The normalized spacial score (nSPS) is 16.4. The fraction of sp³-hybridized carbons (Fsp3) is 0.409. The number of sulfonamides is 1. The highest BCUT2D eigenvalue weighted by Gasteiger charge is 2.30. The molecule has 3 rings (SSSR count). The van der Waals surface area contributed by atoms with E-state index in [1.165, 1.54) is 5.56 Å². The van der Waals surface area contributed by atoms with Crippen molar-refractivity contribution >= 4 is 21.6 Å². The lowest BCUT2D eigenvalue weighted by Crippen LogP contribution is -2.35. The highest BCUT2D eigenvalue weighted by molar-refractivity contribution is 7.89. The zero-order valence-electron chi connectivity index (χ0n) is 16.7. The SMILES string of the molecule is CC(C)CNS(=O)(=O)c1ccc(CCC(=O)N2c3ccccc3C[C@@H]2C)cc1. The van der Waals surface area contributed by atoms with Gasteiger partial charge in [0.2, 0.25) is 15.9 Å². The van der Waals surface area contributed by atoms with E-state index in [2.05, 4.69) is 17.7 Å². The molecule has 0 fully saturated rings. The van der Waals surface area contributed by atoms with Gasteiger partial charge in [-0.05, 0) is 55.0 Å². The van der Waals surface area contributed by atoms with Crippen LogP contribution < -0.4 is 9.62 Å². The molecule has 2 aromatic rings. The second kappa shape index (κ2) is 8.45. The first kappa shape index (κ1) is 20.6. The van der Waals surface area contributed by atoms with Crippen molar-refractivity contribution in [2.45, 2.75) is 51.0 Å². The number of anilines is 1. The number of nitrogens with zero attached hydrogens (tertiary/aromatic N) is 1. The number of benzene rings is 2. The number of aryl methyl sites for hydroxylation is 1. The van der Waals surface area contributed by atoms with E-state index in [1.54, 1.807) is 24.3 Å². The number of carbonyl (C=O) groups is 1. The largest absolute Gasteiger partial charge is 0.309 e. The maximum atomic E-state index is 12.8. The molecule has 0 spiro atoms. The minimum absolute atomic E-state index is 0.104. The van der Waals surface area contributed by atoms with Gasteiger partial charge in [-0.1, -0.05) is 44.2 Å². The van der Waals surface area contributed by atoms with Gasteiger partial charge in [0.15, 0.2) is 0 Å². The highest BCUT2D eigenvalue weighted by atomic mass is 32.2. The molecule has 150 valence electrons. The monoisotopic (exact) mass is 400 g/mol. The zero-order valence-corrected chi connectivity index (χ0v) is 17.5. The Morgan fingerprint density at radius 1 is 1.14 bits per heavy atom. The molecule has 0 saturated heterocycles. The Labute approximate surface area is 167 Å². The average Bonchev–Trinajstić information content (AvgIpc) is 3.00. The molecule has 0 radical (unpaired) electrons. The second-order valence-corrected chi connectivity index (χ2v) is 9.60. The molecule has 0 bridgehead atoms. The van der Waals surface area contributed by atoms with Crippen LogP contribution in [-0.2, 0) is 27.7 Å². The van der Waals surface area contributed by atoms with Crippen molar-refractivity contribution in [1.29, 1.82) is 0 Å². The van der Waals surface area contributed by atoms with E-state index in [-0.39, 0.29) is 22.8 Å². The molecule has 6 heteroatoms. The van der Waals surface area contributed by atoms with Gasteiger partial charge in [0.25, 0.3) is 0 Å². The quantitative estimate of drug-likeness (QED) is 0.773. The second-order valence-electron chi connectivity index (χ2n) is 7.84. The predicted octanol–water partition coefficient (Wildman–Crippen LogP) is 3.53. The van der Waals surface area contributed by atoms with Crippen molar-refractivity contribution in [3.05, 3.63) is 59.7 Å². The predicted molar refractivity (Wildman–Crippen MR) is 112 cm³/mol. The van der Waals surface area contributed by atoms with Crippen molar-refractivity contribution in [1.82, 2.24) is 4.72 Å². The van der Waals surface area contributed by atoms with Crippen LogP contribution in [0.25, 0.3) is 0 Å². The van der Waals surface area contributed by atoms with Crippen LogP contribution in [0.5, 0.6) is 0 Å². The molecule has 0 unspecified atom stereocenters. The summed E-state index contributed by atoms with van der Waals surface area (Å²) in [6.45, 7) is 6.40. The Bertz CT molecular complexity index is 937. The van der Waals surface area contributed by atoms with E-state index in [4.69, 9.17) is 0 Å². The summed E-state index contributed by atoms with van der Waals surface area (Å²) in [6.07, 6.45) is 1.87. The summed E-state index contributed by atoms with van der Waals surface area (Å²) in [5, 5.41) is 0. The van der Waals surface area contributed by atoms with Gasteiger partial charge in [-0.3, -0.25) is 4.79 Å². The molecule has 0 saturated carbocycles. The zero-order chi connectivity index (χ0) is 20.3. The Morgan fingerprint density at radius 2 is 1.82 bits per heavy atom. The Balaban J connectivity index is 1.62. The van der Waals surface area contributed by atoms with Crippen molar-refractivity contribution in [3.8, 4) is 0 Å². The summed E-state index contributed by atoms with van der Waals surface area (Å²) in [4.78, 5) is 14.9. The summed E-state index contributed by atoms with van der Waals surface area (Å²) in [6, 6.07) is 15.0. The molecule has 0 aromatic heterocycles. The number of fused-ring (bicyclic) bond motifs is 1. The van der Waals surface area contributed by atoms with E-state index in [1.807, 2.05) is 36.9 Å². The Kier molecular flexibility index (Phi) is 6.20. The number of carbonyl (C=O) groups excluding carboxylic acids is 1. The molecule has 1 heterocycles. The lowest BCUT2D eigenvalue weighted by atomic mass is 10.1. The minimum Gasteiger partial charge on any atom is -0.309 e. The van der Waals surface area contributed by atoms with Crippen LogP contribution in [0.3, 0.4) is 0 Å². The van der Waals surface area contributed by atoms with E-state index < -0.39 is 10.0 Å². The van der Waals surface area contributed by atoms with Gasteiger partial charge in [0, 0.05) is 24.7 Å². The van der Waals surface area contributed by atoms with Gasteiger partial charge in [0.1, 0.15) is 0 Å². The maximum Gasteiger partial charge on any atom is 0.240 e. The van der Waals surface area contributed by atoms with Crippen molar-refractivity contribution in [3.63, 3.8) is 0 Å². The third-order valence-electron chi connectivity index (χ3n) is 5.02. The van der Waals surface area contributed by atoms with Gasteiger partial charge >= 0.3 is 0 Å². The van der Waals surface area contributed by atoms with E-state index in [0.29, 0.717) is 19.4 Å². The van der Waals surface area contributed by atoms with E-state index in [9.17, 15) is 13.2 Å². The summed E-state index contributed by atoms with van der Waals surface area (Å²) in [7, 11) is -3.48. The van der Waals surface area contributed by atoms with Gasteiger partial charge in [-0.2, -0.15) is 0 Å². The molecular weight excluding hydrogens is 372 g/mol. The first-order chi connectivity index (χ1) is 13.3. The molecule has 28 heavy (non-hydrogen) atoms. The number of hydrogen-bond acceptors (Lipinski definition) is 3. The molecule has 1 atom stereocenters. The van der Waals surface area contributed by atoms with Gasteiger partial charge < -0.3 is 4.90 Å². The molecule has 5 nitrogen and oxygen atoms in total. The van der Waals surface area contributed by atoms with Crippen LogP contribution in [0, 0.1) is 5.92 Å². The summed E-state index contributed by atoms with van der Waals surface area (Å²) < 4.78 is 27.1. The van der Waals surface area contributed by atoms with Crippen molar-refractivity contribution in [2.24, 2.45) is 5.92 Å². The van der Waals surface area contributed by atoms with Crippen molar-refractivity contribution < 1.29 is 13.2 Å². The van der Waals surface area contributed by atoms with Crippen LogP contribution in [0.1, 0.15) is 38.3 Å². The fourth-order valence-corrected chi connectivity index (χ4v) is 4.73. The maximum absolute atomic E-state index is 12.8. The number of hydrogen-bond donors (Lipinski definition) is 1. The number of para-hydroxylation sites is 1. The third-order valence-corrected chi connectivity index (χ3v) is 6.46. The van der Waals surface area contributed by atoms with Gasteiger partial charge in [-0.15, -0.1) is 0 Å². The summed E-state index contributed by atoms with van der Waals surface area (Å²) >= 11 is 0. The molecule has 2 aromatic carbocycles. The number of rotatable bonds is 7. The van der Waals surface area contributed by atoms with E-state index in [0.717, 1.165) is 17.7 Å². The van der Waals surface area contributed by atoms with Crippen LogP contribution in [0.4, 0.5) is 5.69 Å². The van der Waals surface area contributed by atoms with Crippen LogP contribution in [-0.4, -0.2) is 26.9 Å². The molecule has 1 amide bonds. The lowest BCUT2D eigenvalue weighted by Gasteiger charge is -2.22. The lowest BCUT2D eigenvalue weighted by molar-refractivity contribution is -0.118. The van der Waals surface area contributed by atoms with E-state index >= 15 is 0 Å². The smallest absolute Gasteiger partial charge is 0.240 e. The van der Waals surface area contributed by atoms with Crippen LogP contribution >= 0.6 is 0 Å². The Hall–Kier alpha value is -2.18. The molecule has 1 aliphatic rings. The van der Waals surface area contributed by atoms with Gasteiger partial charge in [-0.25, -0.2) is 13.1 Å². The minimum atomic E-state index is -3.48. The third kappa shape index (κ3) is 4.62. The number of nitrogens with one attached hydrogen (secondary N) is 1. The van der Waals surface area contributed by atoms with Crippen LogP contribution in [0.2, 0.25) is 0 Å². The number of amides is 1. The molecule has 1 aliphatic heterocycles. The molecule has 1 N–H and O–H groups in total. The van der Waals surface area contributed by atoms with Gasteiger partial charge in [0.05, 0.1) is 4.90 Å². The standard InChI is InChI=1S/C22H28N2O3S/c1-16(2)15-23-28(26,27)20-11-8-18(9-12-20)10-13-22(25)24-17(3)14-19-6-4-5-7-21(19)24/h4-9,11-12,16-17,23H,10,13-15H2,1-3H3/t17-/m0/s1. The summed E-state index contributed by atoms with van der Waals surface area (Å²) in [5.41, 5.74) is 3.18. The summed E-state index contributed by atoms with van der Waals surface area (Å²) in [5.74, 6) is 0.353. The average molecular weight is 401 g/mol. The van der Waals surface area contributed by atoms with Crippen LogP contribution in [0.15, 0.2) is 53.4 Å². The first-order valence-electron chi connectivity index (χ1n) is 9.76. The Morgan fingerprint density at radius 3 is 2.50 bits per heavy atom. The first-order valence-corrected chi connectivity index (χ1v) is 11.2.